The van der Waals surface area contributed by atoms with Crippen LogP contribution in [0.15, 0.2) is 224 Å². The van der Waals surface area contributed by atoms with Gasteiger partial charge in [0.1, 0.15) is 0 Å². The van der Waals surface area contributed by atoms with E-state index < -0.39 is 0 Å². The monoisotopic (exact) mass is 876 g/mol. The minimum Gasteiger partial charge on any atom is -0.310 e. The minimum atomic E-state index is 0.575. The largest absolute Gasteiger partial charge is 0.310 e. The number of para-hydroxylation sites is 3. The van der Waals surface area contributed by atoms with Crippen molar-refractivity contribution in [1.82, 2.24) is 4.57 Å². The number of nitrogens with zero attached hydrogens (tertiary/aromatic N) is 2. The van der Waals surface area contributed by atoms with Gasteiger partial charge in [-0.15, -0.1) is 11.3 Å². The summed E-state index contributed by atoms with van der Waals surface area (Å²) in [5.41, 5.74) is 15.9. The molecule has 1 aliphatic rings. The van der Waals surface area contributed by atoms with Crippen molar-refractivity contribution in [3.63, 3.8) is 0 Å². The summed E-state index contributed by atoms with van der Waals surface area (Å²) >= 11 is 1.87. The molecule has 2 heterocycles. The van der Waals surface area contributed by atoms with Gasteiger partial charge in [-0.05, 0) is 130 Å². The van der Waals surface area contributed by atoms with Crippen LogP contribution in [0.5, 0.6) is 0 Å². The predicted molar refractivity (Wildman–Crippen MR) is 288 cm³/mol. The highest BCUT2D eigenvalue weighted by Crippen LogP contribution is 2.48. The Morgan fingerprint density at radius 3 is 1.91 bits per heavy atom. The molecule has 0 atom stereocenters. The fraction of sp³-hybridized carbons (Fsp3) is 0.0938. The fourth-order valence-corrected chi connectivity index (χ4v) is 12.5. The molecule has 10 aromatic carbocycles. The first-order valence-corrected chi connectivity index (χ1v) is 24.7. The molecule has 0 radical (unpaired) electrons. The van der Waals surface area contributed by atoms with Crippen molar-refractivity contribution >= 4 is 81.1 Å². The normalized spacial score (nSPS) is 13.3. The van der Waals surface area contributed by atoms with Gasteiger partial charge in [0.25, 0.3) is 0 Å². The maximum Gasteiger partial charge on any atom is 0.0547 e. The van der Waals surface area contributed by atoms with E-state index in [1.54, 1.807) is 0 Å². The van der Waals surface area contributed by atoms with Crippen LogP contribution in [0.2, 0.25) is 0 Å². The van der Waals surface area contributed by atoms with Gasteiger partial charge in [0.05, 0.1) is 16.7 Å². The lowest BCUT2D eigenvalue weighted by Gasteiger charge is -2.29. The summed E-state index contributed by atoms with van der Waals surface area (Å²) in [4.78, 5) is 2.50. The van der Waals surface area contributed by atoms with Gasteiger partial charge in [-0.2, -0.15) is 0 Å². The van der Waals surface area contributed by atoms with Gasteiger partial charge >= 0.3 is 0 Å². The molecule has 320 valence electrons. The molecule has 3 heteroatoms. The van der Waals surface area contributed by atoms with Crippen LogP contribution in [0.3, 0.4) is 0 Å². The standard InChI is InChI=1S/C64H48N2S/c1-3-18-43(19-4-1)50-29-14-20-45-21-15-32-54(62(45)50)53-26-7-10-33-57(53)65(48-40-38-44(39-41-48)51-31-17-37-61-64(51)56-28-9-12-36-60(56)67-61)49-25-13-22-46(42-49)52-30-16-35-59-63(52)55-27-8-11-34-58(55)66(59)47-23-5-2-6-24-47/h2,5-17,20-43H,1,3-4,18-19H2. The van der Waals surface area contributed by atoms with E-state index in [2.05, 4.69) is 234 Å². The molecule has 1 fully saturated rings. The zero-order chi connectivity index (χ0) is 44.3. The molecule has 1 saturated carbocycles. The second-order valence-electron chi connectivity index (χ2n) is 18.2. The highest BCUT2D eigenvalue weighted by Gasteiger charge is 2.24. The highest BCUT2D eigenvalue weighted by molar-refractivity contribution is 7.25. The van der Waals surface area contributed by atoms with E-state index in [9.17, 15) is 0 Å². The number of hydrogen-bond donors (Lipinski definition) is 0. The summed E-state index contributed by atoms with van der Waals surface area (Å²) in [6.07, 6.45) is 6.46. The lowest BCUT2D eigenvalue weighted by Crippen LogP contribution is -2.11. The Bertz CT molecular complexity index is 3790. The fourth-order valence-electron chi connectivity index (χ4n) is 11.4. The van der Waals surface area contributed by atoms with Crippen molar-refractivity contribution in [3.05, 3.63) is 230 Å². The lowest BCUT2D eigenvalue weighted by atomic mass is 9.80. The van der Waals surface area contributed by atoms with E-state index in [1.807, 2.05) is 11.3 Å². The van der Waals surface area contributed by atoms with E-state index >= 15 is 0 Å². The number of benzene rings is 10. The second-order valence-corrected chi connectivity index (χ2v) is 19.3. The third-order valence-corrected chi connectivity index (χ3v) is 15.5. The second kappa shape index (κ2) is 16.6. The van der Waals surface area contributed by atoms with Crippen molar-refractivity contribution in [1.29, 1.82) is 0 Å². The number of anilines is 3. The molecule has 12 aromatic rings. The molecule has 0 saturated heterocycles. The Morgan fingerprint density at radius 2 is 1.04 bits per heavy atom. The SMILES string of the molecule is c1ccc(-n2c3ccccc3c3c(-c4cccc(N(c5ccc(-c6cccc7sc8ccccc8c67)cc5)c5ccccc5-c5cccc6cccc(C7CCCCC7)c56)c4)cccc32)cc1. The van der Waals surface area contributed by atoms with Gasteiger partial charge < -0.3 is 9.47 Å². The molecule has 2 aromatic heterocycles. The quantitative estimate of drug-likeness (QED) is 0.148. The average molecular weight is 877 g/mol. The first-order chi connectivity index (χ1) is 33.3. The molecule has 0 bridgehead atoms. The highest BCUT2D eigenvalue weighted by atomic mass is 32.1. The Balaban J connectivity index is 1.01. The molecule has 0 aliphatic heterocycles. The molecule has 0 spiro atoms. The van der Waals surface area contributed by atoms with Gasteiger partial charge in [0, 0.05) is 53.6 Å². The van der Waals surface area contributed by atoms with Crippen LogP contribution in [-0.2, 0) is 0 Å². The molecule has 1 aliphatic carbocycles. The van der Waals surface area contributed by atoms with Gasteiger partial charge in [-0.3, -0.25) is 0 Å². The summed E-state index contributed by atoms with van der Waals surface area (Å²) in [7, 11) is 0. The van der Waals surface area contributed by atoms with E-state index in [0.29, 0.717) is 5.92 Å². The summed E-state index contributed by atoms with van der Waals surface area (Å²) in [5.74, 6) is 0.575. The average Bonchev–Trinajstić information content (AvgIpc) is 3.96. The topological polar surface area (TPSA) is 8.17 Å². The van der Waals surface area contributed by atoms with Gasteiger partial charge in [-0.1, -0.05) is 177 Å². The van der Waals surface area contributed by atoms with Crippen LogP contribution in [0.25, 0.3) is 91.8 Å². The van der Waals surface area contributed by atoms with Crippen LogP contribution in [0.1, 0.15) is 43.6 Å². The Hall–Kier alpha value is -7.72. The molecular weight excluding hydrogens is 829 g/mol. The van der Waals surface area contributed by atoms with E-state index in [0.717, 1.165) is 22.7 Å². The first-order valence-electron chi connectivity index (χ1n) is 23.9. The number of rotatable bonds is 8. The van der Waals surface area contributed by atoms with Crippen LogP contribution in [0, 0.1) is 0 Å². The van der Waals surface area contributed by atoms with Gasteiger partial charge in [-0.25, -0.2) is 0 Å². The smallest absolute Gasteiger partial charge is 0.0547 e. The zero-order valence-electron chi connectivity index (χ0n) is 37.3. The summed E-state index contributed by atoms with van der Waals surface area (Å²) in [5, 5.41) is 7.87. The lowest BCUT2D eigenvalue weighted by molar-refractivity contribution is 0.445. The first kappa shape index (κ1) is 39.6. The van der Waals surface area contributed by atoms with Crippen molar-refractivity contribution in [3.8, 4) is 39.1 Å². The van der Waals surface area contributed by atoms with E-state index in [-0.39, 0.29) is 0 Å². The number of hydrogen-bond acceptors (Lipinski definition) is 2. The number of aromatic nitrogens is 1. The molecule has 0 N–H and O–H groups in total. The Labute approximate surface area is 395 Å². The Kier molecular flexibility index (Phi) is 9.83. The molecule has 2 nitrogen and oxygen atoms in total. The molecule has 0 amide bonds. The van der Waals surface area contributed by atoms with Crippen LogP contribution in [0.4, 0.5) is 17.1 Å². The van der Waals surface area contributed by atoms with Gasteiger partial charge in [0.2, 0.25) is 0 Å². The number of thiophene rings is 1. The van der Waals surface area contributed by atoms with E-state index in [4.69, 9.17) is 0 Å². The number of fused-ring (bicyclic) bond motifs is 7. The van der Waals surface area contributed by atoms with Gasteiger partial charge in [0.15, 0.2) is 0 Å². The summed E-state index contributed by atoms with van der Waals surface area (Å²) in [6.45, 7) is 0. The van der Waals surface area contributed by atoms with E-state index in [1.165, 1.54) is 124 Å². The van der Waals surface area contributed by atoms with Crippen LogP contribution >= 0.6 is 11.3 Å². The maximum atomic E-state index is 2.50. The van der Waals surface area contributed by atoms with Crippen molar-refractivity contribution in [2.75, 3.05) is 4.90 Å². The molecule has 67 heavy (non-hydrogen) atoms. The third-order valence-electron chi connectivity index (χ3n) is 14.4. The molecule has 13 rings (SSSR count). The summed E-state index contributed by atoms with van der Waals surface area (Å²) in [6, 6.07) is 83.5. The van der Waals surface area contributed by atoms with Crippen molar-refractivity contribution in [2.24, 2.45) is 0 Å². The zero-order valence-corrected chi connectivity index (χ0v) is 38.1. The maximum absolute atomic E-state index is 2.50. The van der Waals surface area contributed by atoms with Crippen LogP contribution in [-0.4, -0.2) is 4.57 Å². The summed E-state index contributed by atoms with van der Waals surface area (Å²) < 4.78 is 5.05. The van der Waals surface area contributed by atoms with Crippen LogP contribution < -0.4 is 4.90 Å². The molecular formula is C64H48N2S. The van der Waals surface area contributed by atoms with Crippen molar-refractivity contribution < 1.29 is 0 Å². The minimum absolute atomic E-state index is 0.575. The molecule has 0 unspecified atom stereocenters. The predicted octanol–water partition coefficient (Wildman–Crippen LogP) is 18.8. The Morgan fingerprint density at radius 1 is 0.403 bits per heavy atom. The third kappa shape index (κ3) is 6.76. The van der Waals surface area contributed by atoms with Crippen molar-refractivity contribution in [2.45, 2.75) is 38.0 Å².